The third-order valence-corrected chi connectivity index (χ3v) is 1.71. The Morgan fingerprint density at radius 1 is 1.64 bits per heavy atom. The van der Waals surface area contributed by atoms with Crippen molar-refractivity contribution in [3.63, 3.8) is 0 Å². The molecule has 0 bridgehead atoms. The van der Waals surface area contributed by atoms with Crippen LogP contribution in [0.15, 0.2) is 0 Å². The summed E-state index contributed by atoms with van der Waals surface area (Å²) < 4.78 is 28.8. The molecule has 3 nitrogen and oxygen atoms in total. The zero-order valence-corrected chi connectivity index (χ0v) is 5.71. The van der Waals surface area contributed by atoms with Gasteiger partial charge < -0.3 is 9.53 Å². The Bertz CT molecular complexity index is 202. The smallest absolute Gasteiger partial charge is 0.315 e. The van der Waals surface area contributed by atoms with E-state index in [4.69, 9.17) is 0 Å². The van der Waals surface area contributed by atoms with E-state index in [1.165, 1.54) is 0 Å². The van der Waals surface area contributed by atoms with Gasteiger partial charge in [0.25, 0.3) is 5.92 Å². The largest absolute Gasteiger partial charge is 0.469 e. The number of carbonyl (C=O) groups excluding carboxylic acids is 2. The molecule has 1 fully saturated rings. The summed E-state index contributed by atoms with van der Waals surface area (Å²) in [5, 5.41) is 0. The Balaban J connectivity index is 2.66. The first-order chi connectivity index (χ1) is 5.05. The van der Waals surface area contributed by atoms with Crippen LogP contribution in [0.3, 0.4) is 0 Å². The van der Waals surface area contributed by atoms with Crippen LogP contribution in [0.1, 0.15) is 0 Å². The van der Waals surface area contributed by atoms with E-state index in [1.807, 2.05) is 0 Å². The normalized spacial score (nSPS) is 32.6. The lowest BCUT2D eigenvalue weighted by molar-refractivity contribution is -0.144. The molecule has 0 radical (unpaired) electrons. The number of rotatable bonds is 2. The Labute approximate surface area is 61.3 Å². The van der Waals surface area contributed by atoms with Gasteiger partial charge in [-0.25, -0.2) is 8.78 Å². The molecule has 62 valence electrons. The molecule has 5 heteroatoms. The number of aldehydes is 1. The summed E-state index contributed by atoms with van der Waals surface area (Å²) in [5.74, 6) is -7.23. The van der Waals surface area contributed by atoms with Gasteiger partial charge in [-0.1, -0.05) is 0 Å². The molecule has 0 amide bonds. The number of halogens is 2. The maximum Gasteiger partial charge on any atom is 0.315 e. The van der Waals surface area contributed by atoms with Crippen molar-refractivity contribution >= 4 is 12.3 Å². The Kier molecular flexibility index (Phi) is 1.66. The van der Waals surface area contributed by atoms with E-state index in [0.29, 0.717) is 0 Å². The fraction of sp³-hybridized carbons (Fsp3) is 0.667. The van der Waals surface area contributed by atoms with Crippen molar-refractivity contribution in [3.05, 3.63) is 0 Å². The lowest BCUT2D eigenvalue weighted by atomic mass is 10.3. The van der Waals surface area contributed by atoms with E-state index in [1.54, 1.807) is 0 Å². The topological polar surface area (TPSA) is 43.4 Å². The van der Waals surface area contributed by atoms with Gasteiger partial charge in [0.05, 0.1) is 13.0 Å². The monoisotopic (exact) mass is 164 g/mol. The molecule has 1 aliphatic rings. The molecule has 0 N–H and O–H groups in total. The summed E-state index contributed by atoms with van der Waals surface area (Å²) in [6.45, 7) is 0. The lowest BCUT2D eigenvalue weighted by Crippen LogP contribution is -2.08. The summed E-state index contributed by atoms with van der Waals surface area (Å²) >= 11 is 0. The van der Waals surface area contributed by atoms with E-state index >= 15 is 0 Å². The number of esters is 1. The van der Waals surface area contributed by atoms with E-state index < -0.39 is 23.7 Å². The van der Waals surface area contributed by atoms with E-state index in [0.717, 1.165) is 7.11 Å². The molecule has 0 aromatic carbocycles. The molecule has 1 aliphatic carbocycles. The molecule has 1 saturated carbocycles. The van der Waals surface area contributed by atoms with Gasteiger partial charge in [0.2, 0.25) is 0 Å². The molecule has 11 heavy (non-hydrogen) atoms. The average Bonchev–Trinajstić information content (AvgIpc) is 2.51. The molecule has 0 heterocycles. The summed E-state index contributed by atoms with van der Waals surface area (Å²) in [6, 6.07) is 0. The minimum absolute atomic E-state index is 0.0849. The number of hydrogen-bond donors (Lipinski definition) is 0. The van der Waals surface area contributed by atoms with Crippen molar-refractivity contribution in [1.82, 2.24) is 0 Å². The highest BCUT2D eigenvalue weighted by Gasteiger charge is 2.73. The maximum atomic E-state index is 12.4. The highest BCUT2D eigenvalue weighted by Crippen LogP contribution is 2.54. The molecule has 0 aliphatic heterocycles. The first kappa shape index (κ1) is 8.10. The van der Waals surface area contributed by atoms with E-state index in [9.17, 15) is 18.4 Å². The second kappa shape index (κ2) is 2.25. The molecule has 0 spiro atoms. The minimum atomic E-state index is -3.19. The van der Waals surface area contributed by atoms with Crippen molar-refractivity contribution in [2.45, 2.75) is 5.92 Å². The standard InChI is InChI=1S/C6H6F2O3/c1-11-5(10)4-3(2-9)6(4,7)8/h2-4H,1H3. The van der Waals surface area contributed by atoms with Crippen LogP contribution in [-0.2, 0) is 14.3 Å². The van der Waals surface area contributed by atoms with Crippen molar-refractivity contribution in [2.75, 3.05) is 7.11 Å². The fourth-order valence-corrected chi connectivity index (χ4v) is 0.950. The van der Waals surface area contributed by atoms with E-state index in [-0.39, 0.29) is 6.29 Å². The van der Waals surface area contributed by atoms with Crippen LogP contribution in [0.2, 0.25) is 0 Å². The second-order valence-corrected chi connectivity index (χ2v) is 2.34. The van der Waals surface area contributed by atoms with Crippen molar-refractivity contribution in [2.24, 2.45) is 11.8 Å². The van der Waals surface area contributed by atoms with Gasteiger partial charge in [0.1, 0.15) is 12.2 Å². The molecule has 0 saturated heterocycles. The molecular weight excluding hydrogens is 158 g/mol. The van der Waals surface area contributed by atoms with Gasteiger partial charge in [0.15, 0.2) is 0 Å². The van der Waals surface area contributed by atoms with Crippen LogP contribution in [0.5, 0.6) is 0 Å². The Morgan fingerprint density at radius 3 is 2.45 bits per heavy atom. The van der Waals surface area contributed by atoms with Crippen LogP contribution in [0.4, 0.5) is 8.78 Å². The Morgan fingerprint density at radius 2 is 2.18 bits per heavy atom. The number of carbonyl (C=O) groups is 2. The van der Waals surface area contributed by atoms with Crippen LogP contribution in [0.25, 0.3) is 0 Å². The first-order valence-corrected chi connectivity index (χ1v) is 2.96. The highest BCUT2D eigenvalue weighted by atomic mass is 19.3. The molecule has 1 rings (SSSR count). The molecule has 2 atom stereocenters. The quantitative estimate of drug-likeness (QED) is 0.433. The average molecular weight is 164 g/mol. The van der Waals surface area contributed by atoms with Gasteiger partial charge >= 0.3 is 5.97 Å². The number of ether oxygens (including phenoxy) is 1. The number of methoxy groups -OCH3 is 1. The van der Waals surface area contributed by atoms with Crippen LogP contribution < -0.4 is 0 Å². The van der Waals surface area contributed by atoms with Gasteiger partial charge in [-0.15, -0.1) is 0 Å². The first-order valence-electron chi connectivity index (χ1n) is 2.96. The number of alkyl halides is 2. The predicted octanol–water partition coefficient (Wildman–Crippen LogP) is 0.240. The third-order valence-electron chi connectivity index (χ3n) is 1.71. The lowest BCUT2D eigenvalue weighted by Gasteiger charge is -1.93. The molecule has 0 aromatic rings. The predicted molar refractivity (Wildman–Crippen MR) is 30.0 cm³/mol. The van der Waals surface area contributed by atoms with Crippen molar-refractivity contribution < 1.29 is 23.1 Å². The molecule has 0 aromatic heterocycles. The third kappa shape index (κ3) is 1.00. The van der Waals surface area contributed by atoms with E-state index in [2.05, 4.69) is 4.74 Å². The second-order valence-electron chi connectivity index (χ2n) is 2.34. The summed E-state index contributed by atoms with van der Waals surface area (Å²) in [6.07, 6.45) is 0.0849. The zero-order chi connectivity index (χ0) is 8.65. The van der Waals surface area contributed by atoms with Gasteiger partial charge in [-0.05, 0) is 0 Å². The van der Waals surface area contributed by atoms with Crippen molar-refractivity contribution in [1.29, 1.82) is 0 Å². The molecule has 2 unspecified atom stereocenters. The molecular formula is C6H6F2O3. The number of hydrogen-bond acceptors (Lipinski definition) is 3. The maximum absolute atomic E-state index is 12.4. The summed E-state index contributed by atoms with van der Waals surface area (Å²) in [5.41, 5.74) is 0. The fourth-order valence-electron chi connectivity index (χ4n) is 0.950. The summed E-state index contributed by atoms with van der Waals surface area (Å²) in [4.78, 5) is 20.4. The summed E-state index contributed by atoms with van der Waals surface area (Å²) in [7, 11) is 1.01. The Hall–Kier alpha value is -1.00. The highest BCUT2D eigenvalue weighted by molar-refractivity contribution is 5.84. The van der Waals surface area contributed by atoms with Crippen LogP contribution >= 0.6 is 0 Å². The van der Waals surface area contributed by atoms with Gasteiger partial charge in [0, 0.05) is 0 Å². The SMILES string of the molecule is COC(=O)C1C(C=O)C1(F)F. The zero-order valence-electron chi connectivity index (χ0n) is 5.71. The van der Waals surface area contributed by atoms with Crippen LogP contribution in [0, 0.1) is 11.8 Å². The van der Waals surface area contributed by atoms with Crippen LogP contribution in [-0.4, -0.2) is 25.3 Å². The van der Waals surface area contributed by atoms with Crippen molar-refractivity contribution in [3.8, 4) is 0 Å². The van der Waals surface area contributed by atoms with Gasteiger partial charge in [-0.2, -0.15) is 0 Å². The van der Waals surface area contributed by atoms with Gasteiger partial charge in [-0.3, -0.25) is 4.79 Å². The minimum Gasteiger partial charge on any atom is -0.469 e.